The van der Waals surface area contributed by atoms with Crippen molar-refractivity contribution in [1.82, 2.24) is 10.2 Å². The molecule has 0 saturated carbocycles. The molecule has 2 aliphatic rings. The fourth-order valence-corrected chi connectivity index (χ4v) is 2.91. The van der Waals surface area contributed by atoms with Gasteiger partial charge in [-0.2, -0.15) is 0 Å². The smallest absolute Gasteiger partial charge is 0.0639 e. The molecule has 2 rings (SSSR count). The summed E-state index contributed by atoms with van der Waals surface area (Å²) in [4.78, 5) is 2.47. The highest BCUT2D eigenvalue weighted by molar-refractivity contribution is 4.92. The highest BCUT2D eigenvalue weighted by atomic mass is 16.3. The second-order valence-electron chi connectivity index (χ2n) is 4.76. The standard InChI is InChI=1S/C11H22N2O/c1-9(14)8-13-7-3-5-11(13)10-4-2-6-12-10/h9-12,14H,2-8H2,1H3/t9-,10?,11?/m0/s1. The van der Waals surface area contributed by atoms with E-state index in [9.17, 15) is 5.11 Å². The summed E-state index contributed by atoms with van der Waals surface area (Å²) < 4.78 is 0. The van der Waals surface area contributed by atoms with Crippen LogP contribution in [-0.4, -0.2) is 47.8 Å². The van der Waals surface area contributed by atoms with Gasteiger partial charge in [0, 0.05) is 18.6 Å². The summed E-state index contributed by atoms with van der Waals surface area (Å²) in [5.74, 6) is 0. The topological polar surface area (TPSA) is 35.5 Å². The van der Waals surface area contributed by atoms with Crippen LogP contribution in [0.4, 0.5) is 0 Å². The van der Waals surface area contributed by atoms with Crippen molar-refractivity contribution >= 4 is 0 Å². The summed E-state index contributed by atoms with van der Waals surface area (Å²) in [7, 11) is 0. The van der Waals surface area contributed by atoms with Crippen LogP contribution in [0.25, 0.3) is 0 Å². The molecule has 2 unspecified atom stereocenters. The predicted molar refractivity (Wildman–Crippen MR) is 57.3 cm³/mol. The molecule has 0 aromatic rings. The zero-order valence-corrected chi connectivity index (χ0v) is 9.08. The van der Waals surface area contributed by atoms with E-state index in [0.717, 1.165) is 6.54 Å². The minimum absolute atomic E-state index is 0.183. The van der Waals surface area contributed by atoms with Crippen molar-refractivity contribution in [1.29, 1.82) is 0 Å². The Kier molecular flexibility index (Phi) is 3.42. The number of hydrogen-bond acceptors (Lipinski definition) is 3. The lowest BCUT2D eigenvalue weighted by molar-refractivity contribution is 0.109. The molecule has 2 aliphatic heterocycles. The number of likely N-dealkylation sites (tertiary alicyclic amines) is 1. The Morgan fingerprint density at radius 3 is 2.93 bits per heavy atom. The van der Waals surface area contributed by atoms with Crippen LogP contribution < -0.4 is 5.32 Å². The van der Waals surface area contributed by atoms with Crippen molar-refractivity contribution in [3.8, 4) is 0 Å². The molecule has 2 fully saturated rings. The molecule has 0 spiro atoms. The van der Waals surface area contributed by atoms with E-state index in [2.05, 4.69) is 10.2 Å². The number of nitrogens with zero attached hydrogens (tertiary/aromatic N) is 1. The molecule has 3 nitrogen and oxygen atoms in total. The summed E-state index contributed by atoms with van der Waals surface area (Å²) in [5, 5.41) is 13.0. The van der Waals surface area contributed by atoms with Gasteiger partial charge >= 0.3 is 0 Å². The summed E-state index contributed by atoms with van der Waals surface area (Å²) in [5.41, 5.74) is 0. The van der Waals surface area contributed by atoms with Crippen LogP contribution in [0.3, 0.4) is 0 Å². The Bertz CT molecular complexity index is 178. The highest BCUT2D eigenvalue weighted by Crippen LogP contribution is 2.24. The van der Waals surface area contributed by atoms with Crippen molar-refractivity contribution in [2.45, 2.75) is 50.8 Å². The lowest BCUT2D eigenvalue weighted by Gasteiger charge is -2.30. The highest BCUT2D eigenvalue weighted by Gasteiger charge is 2.33. The molecule has 2 saturated heterocycles. The SMILES string of the molecule is C[C@H](O)CN1CCCC1C1CCCN1. The fourth-order valence-electron chi connectivity index (χ4n) is 2.91. The van der Waals surface area contributed by atoms with E-state index < -0.39 is 0 Å². The van der Waals surface area contributed by atoms with Crippen LogP contribution in [0.15, 0.2) is 0 Å². The third kappa shape index (κ3) is 2.27. The van der Waals surface area contributed by atoms with Crippen LogP contribution in [0.2, 0.25) is 0 Å². The molecule has 0 radical (unpaired) electrons. The second-order valence-corrected chi connectivity index (χ2v) is 4.76. The van der Waals surface area contributed by atoms with Gasteiger partial charge in [0.05, 0.1) is 6.10 Å². The van der Waals surface area contributed by atoms with Crippen molar-refractivity contribution in [2.75, 3.05) is 19.6 Å². The second kappa shape index (κ2) is 4.60. The van der Waals surface area contributed by atoms with Gasteiger partial charge in [-0.3, -0.25) is 4.90 Å². The molecule has 82 valence electrons. The zero-order chi connectivity index (χ0) is 9.97. The molecule has 2 heterocycles. The van der Waals surface area contributed by atoms with E-state index in [4.69, 9.17) is 0 Å². The normalized spacial score (nSPS) is 36.4. The first kappa shape index (κ1) is 10.4. The zero-order valence-electron chi connectivity index (χ0n) is 9.08. The van der Waals surface area contributed by atoms with Gasteiger partial charge in [-0.25, -0.2) is 0 Å². The Morgan fingerprint density at radius 2 is 2.29 bits per heavy atom. The Morgan fingerprint density at radius 1 is 1.43 bits per heavy atom. The minimum Gasteiger partial charge on any atom is -0.392 e. The quantitative estimate of drug-likeness (QED) is 0.696. The third-order valence-electron chi connectivity index (χ3n) is 3.48. The first-order valence-corrected chi connectivity index (χ1v) is 5.93. The first-order chi connectivity index (χ1) is 6.77. The number of β-amino-alcohol motifs (C(OH)–C–C–N with tert-alkyl or cyclic N) is 1. The van der Waals surface area contributed by atoms with Gasteiger partial charge in [0.1, 0.15) is 0 Å². The number of hydrogen-bond donors (Lipinski definition) is 2. The van der Waals surface area contributed by atoms with Gasteiger partial charge in [-0.1, -0.05) is 0 Å². The lowest BCUT2D eigenvalue weighted by Crippen LogP contribution is -2.46. The first-order valence-electron chi connectivity index (χ1n) is 5.93. The van der Waals surface area contributed by atoms with Crippen LogP contribution in [0.5, 0.6) is 0 Å². The molecule has 3 heteroatoms. The predicted octanol–water partition coefficient (Wildman–Crippen LogP) is 0.584. The van der Waals surface area contributed by atoms with E-state index in [1.165, 1.54) is 38.8 Å². The third-order valence-corrected chi connectivity index (χ3v) is 3.48. The Hall–Kier alpha value is -0.120. The molecule has 0 aliphatic carbocycles. The van der Waals surface area contributed by atoms with Crippen LogP contribution in [-0.2, 0) is 0 Å². The number of rotatable bonds is 3. The average molecular weight is 198 g/mol. The van der Waals surface area contributed by atoms with E-state index in [1.54, 1.807) is 0 Å². The molecule has 14 heavy (non-hydrogen) atoms. The molecule has 3 atom stereocenters. The monoisotopic (exact) mass is 198 g/mol. The summed E-state index contributed by atoms with van der Waals surface area (Å²) >= 11 is 0. The molecule has 0 bridgehead atoms. The van der Waals surface area contributed by atoms with Gasteiger partial charge in [0.25, 0.3) is 0 Å². The summed E-state index contributed by atoms with van der Waals surface area (Å²) in [6.07, 6.45) is 5.07. The van der Waals surface area contributed by atoms with Crippen molar-refractivity contribution in [2.24, 2.45) is 0 Å². The van der Waals surface area contributed by atoms with E-state index >= 15 is 0 Å². The Balaban J connectivity index is 1.89. The van der Waals surface area contributed by atoms with Crippen molar-refractivity contribution in [3.63, 3.8) is 0 Å². The largest absolute Gasteiger partial charge is 0.392 e. The van der Waals surface area contributed by atoms with Crippen molar-refractivity contribution < 1.29 is 5.11 Å². The molecular weight excluding hydrogens is 176 g/mol. The maximum absolute atomic E-state index is 9.41. The average Bonchev–Trinajstić information content (AvgIpc) is 2.70. The molecule has 0 aromatic heterocycles. The summed E-state index contributed by atoms with van der Waals surface area (Å²) in [6.45, 7) is 5.09. The molecular formula is C11H22N2O. The molecule has 2 N–H and O–H groups in total. The Labute approximate surface area is 86.5 Å². The maximum atomic E-state index is 9.41. The van der Waals surface area contributed by atoms with Crippen LogP contribution in [0, 0.1) is 0 Å². The van der Waals surface area contributed by atoms with Gasteiger partial charge in [0.2, 0.25) is 0 Å². The lowest BCUT2D eigenvalue weighted by atomic mass is 10.0. The number of nitrogens with one attached hydrogen (secondary N) is 1. The van der Waals surface area contributed by atoms with Gasteiger partial charge in [-0.05, 0) is 45.7 Å². The van der Waals surface area contributed by atoms with E-state index in [0.29, 0.717) is 12.1 Å². The molecule has 0 amide bonds. The van der Waals surface area contributed by atoms with Crippen molar-refractivity contribution in [3.05, 3.63) is 0 Å². The van der Waals surface area contributed by atoms with E-state index in [1.807, 2.05) is 6.92 Å². The van der Waals surface area contributed by atoms with Gasteiger partial charge in [0.15, 0.2) is 0 Å². The van der Waals surface area contributed by atoms with Gasteiger partial charge < -0.3 is 10.4 Å². The minimum atomic E-state index is -0.183. The fraction of sp³-hybridized carbons (Fsp3) is 1.00. The summed E-state index contributed by atoms with van der Waals surface area (Å²) in [6, 6.07) is 1.38. The van der Waals surface area contributed by atoms with Gasteiger partial charge in [-0.15, -0.1) is 0 Å². The van der Waals surface area contributed by atoms with Crippen LogP contribution >= 0.6 is 0 Å². The van der Waals surface area contributed by atoms with E-state index in [-0.39, 0.29) is 6.10 Å². The number of aliphatic hydroxyl groups is 1. The molecule has 0 aromatic carbocycles. The maximum Gasteiger partial charge on any atom is 0.0639 e. The number of aliphatic hydroxyl groups excluding tert-OH is 1. The van der Waals surface area contributed by atoms with Crippen LogP contribution in [0.1, 0.15) is 32.6 Å².